The highest BCUT2D eigenvalue weighted by molar-refractivity contribution is 6.17. The van der Waals surface area contributed by atoms with E-state index in [1.54, 1.807) is 20.8 Å². The van der Waals surface area contributed by atoms with Crippen LogP contribution in [0.5, 0.6) is 0 Å². The number of hydrogen-bond acceptors (Lipinski definition) is 4. The number of amides is 1. The Morgan fingerprint density at radius 1 is 1.35 bits per heavy atom. The first-order chi connectivity index (χ1) is 7.83. The largest absolute Gasteiger partial charge is 0.448 e. The Morgan fingerprint density at radius 3 is 2.35 bits per heavy atom. The van der Waals surface area contributed by atoms with Gasteiger partial charge in [-0.25, -0.2) is 4.79 Å². The molecule has 0 aromatic rings. The SMILES string of the molecule is CC(C)(C)OC(=O)N(CC(=O)OCCl)C1CC1. The van der Waals surface area contributed by atoms with Crippen molar-refractivity contribution >= 4 is 23.7 Å². The fraction of sp³-hybridized carbons (Fsp3) is 0.818. The zero-order chi connectivity index (χ0) is 13.1. The summed E-state index contributed by atoms with van der Waals surface area (Å²) in [6, 6.07) is -0.112. The van der Waals surface area contributed by atoms with Gasteiger partial charge in [-0.2, -0.15) is 0 Å². The van der Waals surface area contributed by atoms with Gasteiger partial charge < -0.3 is 9.47 Å². The predicted octanol–water partition coefficient (Wildman–Crippen LogP) is 2.13. The number of alkyl halides is 1. The molecule has 0 bridgehead atoms. The van der Waals surface area contributed by atoms with E-state index in [4.69, 9.17) is 16.3 Å². The average molecular weight is 264 g/mol. The van der Waals surface area contributed by atoms with E-state index in [2.05, 4.69) is 4.74 Å². The first kappa shape index (κ1) is 14.1. The molecule has 0 N–H and O–H groups in total. The van der Waals surface area contributed by atoms with Gasteiger partial charge in [-0.15, -0.1) is 0 Å². The molecule has 1 rings (SSSR count). The number of carbonyl (C=O) groups excluding carboxylic acids is 2. The van der Waals surface area contributed by atoms with E-state index in [0.29, 0.717) is 0 Å². The highest BCUT2D eigenvalue weighted by Crippen LogP contribution is 2.28. The molecule has 98 valence electrons. The zero-order valence-corrected chi connectivity index (χ0v) is 11.1. The quantitative estimate of drug-likeness (QED) is 0.576. The van der Waals surface area contributed by atoms with Crippen molar-refractivity contribution in [3.8, 4) is 0 Å². The van der Waals surface area contributed by atoms with Crippen molar-refractivity contribution in [2.24, 2.45) is 0 Å². The van der Waals surface area contributed by atoms with Crippen molar-refractivity contribution in [1.82, 2.24) is 4.90 Å². The van der Waals surface area contributed by atoms with E-state index < -0.39 is 17.7 Å². The van der Waals surface area contributed by atoms with Crippen molar-refractivity contribution < 1.29 is 19.1 Å². The molecule has 5 nitrogen and oxygen atoms in total. The summed E-state index contributed by atoms with van der Waals surface area (Å²) in [5, 5.41) is 0. The maximum atomic E-state index is 11.8. The lowest BCUT2D eigenvalue weighted by molar-refractivity contribution is -0.143. The third-order valence-electron chi connectivity index (χ3n) is 2.13. The Hall–Kier alpha value is -0.970. The molecule has 1 fully saturated rings. The van der Waals surface area contributed by atoms with Crippen LogP contribution in [0, 0.1) is 0 Å². The summed E-state index contributed by atoms with van der Waals surface area (Å²) in [4.78, 5) is 24.5. The molecule has 0 heterocycles. The van der Waals surface area contributed by atoms with Gasteiger partial charge in [0, 0.05) is 6.04 Å². The van der Waals surface area contributed by atoms with Crippen molar-refractivity contribution in [3.63, 3.8) is 0 Å². The van der Waals surface area contributed by atoms with Crippen molar-refractivity contribution in [2.75, 3.05) is 12.6 Å². The van der Waals surface area contributed by atoms with Gasteiger partial charge in [0.1, 0.15) is 12.1 Å². The van der Waals surface area contributed by atoms with Crippen LogP contribution in [0.3, 0.4) is 0 Å². The fourth-order valence-electron chi connectivity index (χ4n) is 1.30. The minimum atomic E-state index is -0.569. The number of nitrogens with zero attached hydrogens (tertiary/aromatic N) is 1. The van der Waals surface area contributed by atoms with Crippen molar-refractivity contribution in [1.29, 1.82) is 0 Å². The van der Waals surface area contributed by atoms with E-state index in [0.717, 1.165) is 12.8 Å². The molecular formula is C11H18ClNO4. The summed E-state index contributed by atoms with van der Waals surface area (Å²) in [7, 11) is 0. The van der Waals surface area contributed by atoms with Crippen LogP contribution < -0.4 is 0 Å². The van der Waals surface area contributed by atoms with Crippen LogP contribution in [-0.4, -0.2) is 41.2 Å². The number of halogens is 1. The lowest BCUT2D eigenvalue weighted by atomic mass is 10.2. The molecule has 0 unspecified atom stereocenters. The summed E-state index contributed by atoms with van der Waals surface area (Å²) < 4.78 is 9.83. The Kier molecular flexibility index (Phi) is 4.62. The second-order valence-electron chi connectivity index (χ2n) is 4.96. The molecule has 0 aromatic heterocycles. The molecule has 0 saturated heterocycles. The zero-order valence-electron chi connectivity index (χ0n) is 10.4. The van der Waals surface area contributed by atoms with E-state index in [9.17, 15) is 9.59 Å². The molecular weight excluding hydrogens is 246 g/mol. The fourth-order valence-corrected chi connectivity index (χ4v) is 1.42. The number of carbonyl (C=O) groups is 2. The minimum Gasteiger partial charge on any atom is -0.448 e. The second kappa shape index (κ2) is 5.58. The van der Waals surface area contributed by atoms with Gasteiger partial charge in [0.2, 0.25) is 0 Å². The topological polar surface area (TPSA) is 55.8 Å². The Bertz CT molecular complexity index is 296. The smallest absolute Gasteiger partial charge is 0.411 e. The normalized spacial score (nSPS) is 15.3. The van der Waals surface area contributed by atoms with Gasteiger partial charge in [-0.1, -0.05) is 11.6 Å². The first-order valence-electron chi connectivity index (χ1n) is 5.54. The summed E-state index contributed by atoms with van der Waals surface area (Å²) in [6.45, 7) is 5.25. The Labute approximate surface area is 106 Å². The molecule has 0 aromatic carbocycles. The highest BCUT2D eigenvalue weighted by Gasteiger charge is 2.36. The van der Waals surface area contributed by atoms with Crippen LogP contribution in [-0.2, 0) is 14.3 Å². The molecule has 0 spiro atoms. The van der Waals surface area contributed by atoms with E-state index in [1.165, 1.54) is 4.90 Å². The average Bonchev–Trinajstić information content (AvgIpc) is 2.94. The molecule has 6 heteroatoms. The van der Waals surface area contributed by atoms with Crippen LogP contribution in [0.4, 0.5) is 4.79 Å². The van der Waals surface area contributed by atoms with Crippen LogP contribution in [0.1, 0.15) is 33.6 Å². The molecule has 1 saturated carbocycles. The van der Waals surface area contributed by atoms with Gasteiger partial charge >= 0.3 is 12.1 Å². The summed E-state index contributed by atoms with van der Waals surface area (Å²) in [6.07, 6.45) is 1.31. The van der Waals surface area contributed by atoms with Gasteiger partial charge in [0.25, 0.3) is 0 Å². The van der Waals surface area contributed by atoms with Crippen LogP contribution in [0.15, 0.2) is 0 Å². The standard InChI is InChI=1S/C11H18ClNO4/c1-11(2,3)17-10(15)13(8-4-5-8)6-9(14)16-7-12/h8H,4-7H2,1-3H3. The number of ether oxygens (including phenoxy) is 2. The molecule has 17 heavy (non-hydrogen) atoms. The van der Waals surface area contributed by atoms with E-state index in [1.807, 2.05) is 0 Å². The lowest BCUT2D eigenvalue weighted by Crippen LogP contribution is -2.41. The molecule has 1 amide bonds. The number of esters is 1. The van der Waals surface area contributed by atoms with Crippen LogP contribution in [0.25, 0.3) is 0 Å². The number of rotatable bonds is 4. The Morgan fingerprint density at radius 2 is 1.94 bits per heavy atom. The third-order valence-corrected chi connectivity index (χ3v) is 2.24. The first-order valence-corrected chi connectivity index (χ1v) is 6.08. The molecule has 1 aliphatic rings. The molecule has 0 atom stereocenters. The number of hydrogen-bond donors (Lipinski definition) is 0. The third kappa shape index (κ3) is 5.26. The van der Waals surface area contributed by atoms with Gasteiger partial charge in [-0.05, 0) is 33.6 Å². The highest BCUT2D eigenvalue weighted by atomic mass is 35.5. The summed E-state index contributed by atoms with van der Waals surface area (Å²) in [5.41, 5.74) is -0.569. The van der Waals surface area contributed by atoms with Crippen molar-refractivity contribution in [3.05, 3.63) is 0 Å². The van der Waals surface area contributed by atoms with Gasteiger partial charge in [0.15, 0.2) is 6.07 Å². The second-order valence-corrected chi connectivity index (χ2v) is 5.18. The monoisotopic (exact) mass is 263 g/mol. The molecule has 0 radical (unpaired) electrons. The van der Waals surface area contributed by atoms with Crippen molar-refractivity contribution in [2.45, 2.75) is 45.3 Å². The minimum absolute atomic E-state index is 0.0905. The molecule has 0 aliphatic heterocycles. The predicted molar refractivity (Wildman–Crippen MR) is 62.8 cm³/mol. The van der Waals surface area contributed by atoms with E-state index in [-0.39, 0.29) is 18.7 Å². The molecule has 1 aliphatic carbocycles. The van der Waals surface area contributed by atoms with Crippen LogP contribution >= 0.6 is 11.6 Å². The van der Waals surface area contributed by atoms with Gasteiger partial charge in [0.05, 0.1) is 0 Å². The summed E-state index contributed by atoms with van der Waals surface area (Å²) >= 11 is 5.28. The maximum Gasteiger partial charge on any atom is 0.411 e. The van der Waals surface area contributed by atoms with Gasteiger partial charge in [-0.3, -0.25) is 9.69 Å². The Balaban J connectivity index is 2.53. The maximum absolute atomic E-state index is 11.8. The van der Waals surface area contributed by atoms with Crippen LogP contribution in [0.2, 0.25) is 0 Å². The summed E-state index contributed by atoms with van der Waals surface area (Å²) in [5.74, 6) is -0.516. The lowest BCUT2D eigenvalue weighted by Gasteiger charge is -2.26. The van der Waals surface area contributed by atoms with E-state index >= 15 is 0 Å².